The number of para-hydroxylation sites is 1. The molecule has 1 heterocycles. The summed E-state index contributed by atoms with van der Waals surface area (Å²) in [4.78, 5) is 12.8. The van der Waals surface area contributed by atoms with Gasteiger partial charge in [0, 0.05) is 22.9 Å². The molecule has 0 spiro atoms. The van der Waals surface area contributed by atoms with Crippen molar-refractivity contribution in [2.24, 2.45) is 0 Å². The van der Waals surface area contributed by atoms with Crippen LogP contribution in [0.5, 0.6) is 23.0 Å². The number of rotatable bonds is 7. The van der Waals surface area contributed by atoms with Crippen molar-refractivity contribution >= 4 is 17.7 Å². The molecule has 1 aliphatic rings. The average Bonchev–Trinajstić information content (AvgIpc) is 2.86. The summed E-state index contributed by atoms with van der Waals surface area (Å²) >= 11 is 0. The van der Waals surface area contributed by atoms with Crippen LogP contribution in [0.3, 0.4) is 0 Å². The van der Waals surface area contributed by atoms with Crippen LogP contribution in [-0.2, 0) is 11.4 Å². The molecule has 7 nitrogen and oxygen atoms in total. The zero-order valence-electron chi connectivity index (χ0n) is 18.3. The number of carbonyl (C=O) groups excluding carboxylic acids is 1. The maximum Gasteiger partial charge on any atom is 0.266 e. The molecule has 4 rings (SSSR count). The smallest absolute Gasteiger partial charge is 0.266 e. The number of nitrogens with one attached hydrogen (secondary N) is 1. The number of fused-ring (bicyclic) bond motifs is 1. The number of halogens is 1. The van der Waals surface area contributed by atoms with E-state index in [1.807, 2.05) is 6.07 Å². The average molecular weight is 460 g/mol. The second-order valence-corrected chi connectivity index (χ2v) is 7.24. The lowest BCUT2D eigenvalue weighted by atomic mass is 10.1. The molecular weight excluding hydrogens is 439 g/mol. The molecule has 0 aliphatic carbocycles. The molecule has 0 saturated heterocycles. The van der Waals surface area contributed by atoms with Gasteiger partial charge in [-0.2, -0.15) is 5.26 Å². The van der Waals surface area contributed by atoms with Gasteiger partial charge < -0.3 is 24.3 Å². The van der Waals surface area contributed by atoms with Crippen molar-refractivity contribution < 1.29 is 28.1 Å². The Bertz CT molecular complexity index is 1280. The highest BCUT2D eigenvalue weighted by Gasteiger charge is 2.17. The predicted molar refractivity (Wildman–Crippen MR) is 123 cm³/mol. The SMILES string of the molecule is COc1cccc(/C=C(\C#N)C(=O)Nc2ccc3c(c2)OCCO3)c1OCc1ccccc1F. The van der Waals surface area contributed by atoms with E-state index < -0.39 is 11.7 Å². The molecule has 0 atom stereocenters. The molecule has 172 valence electrons. The lowest BCUT2D eigenvalue weighted by molar-refractivity contribution is -0.112. The first-order chi connectivity index (χ1) is 16.6. The van der Waals surface area contributed by atoms with Crippen molar-refractivity contribution in [1.29, 1.82) is 5.26 Å². The quantitative estimate of drug-likeness (QED) is 0.405. The molecule has 3 aromatic carbocycles. The summed E-state index contributed by atoms with van der Waals surface area (Å²) in [5.74, 6) is 0.771. The number of anilines is 1. The molecule has 0 radical (unpaired) electrons. The molecular formula is C26H21FN2O5. The first-order valence-corrected chi connectivity index (χ1v) is 10.4. The van der Waals surface area contributed by atoms with Gasteiger partial charge in [-0.1, -0.05) is 30.3 Å². The Morgan fingerprint density at radius 3 is 2.68 bits per heavy atom. The third-order valence-corrected chi connectivity index (χ3v) is 5.02. The van der Waals surface area contributed by atoms with E-state index in [2.05, 4.69) is 5.32 Å². The van der Waals surface area contributed by atoms with Crippen LogP contribution in [0.25, 0.3) is 6.08 Å². The number of carbonyl (C=O) groups is 1. The van der Waals surface area contributed by atoms with Crippen molar-refractivity contribution in [3.8, 4) is 29.1 Å². The van der Waals surface area contributed by atoms with E-state index in [-0.39, 0.29) is 17.9 Å². The summed E-state index contributed by atoms with van der Waals surface area (Å²) in [6, 6.07) is 18.2. The van der Waals surface area contributed by atoms with Gasteiger partial charge in [-0.05, 0) is 30.3 Å². The van der Waals surface area contributed by atoms with E-state index in [0.29, 0.717) is 47.3 Å². The van der Waals surface area contributed by atoms with Crippen LogP contribution in [0, 0.1) is 17.1 Å². The molecule has 8 heteroatoms. The molecule has 0 saturated carbocycles. The lowest BCUT2D eigenvalue weighted by Crippen LogP contribution is -2.17. The van der Waals surface area contributed by atoms with Crippen LogP contribution >= 0.6 is 0 Å². The largest absolute Gasteiger partial charge is 0.493 e. The number of nitriles is 1. The van der Waals surface area contributed by atoms with E-state index in [4.69, 9.17) is 18.9 Å². The molecule has 1 N–H and O–H groups in total. The van der Waals surface area contributed by atoms with Crippen LogP contribution in [0.15, 0.2) is 66.2 Å². The van der Waals surface area contributed by atoms with E-state index >= 15 is 0 Å². The van der Waals surface area contributed by atoms with Crippen molar-refractivity contribution in [2.45, 2.75) is 6.61 Å². The first-order valence-electron chi connectivity index (χ1n) is 10.4. The van der Waals surface area contributed by atoms with Gasteiger partial charge >= 0.3 is 0 Å². The fourth-order valence-corrected chi connectivity index (χ4v) is 3.35. The minimum absolute atomic E-state index is 0.0564. The minimum Gasteiger partial charge on any atom is -0.493 e. The van der Waals surface area contributed by atoms with Crippen LogP contribution < -0.4 is 24.3 Å². The molecule has 1 aliphatic heterocycles. The van der Waals surface area contributed by atoms with E-state index in [9.17, 15) is 14.4 Å². The van der Waals surface area contributed by atoms with Crippen LogP contribution in [0.4, 0.5) is 10.1 Å². The third kappa shape index (κ3) is 5.10. The highest BCUT2D eigenvalue weighted by atomic mass is 19.1. The van der Waals surface area contributed by atoms with Crippen molar-refractivity contribution in [3.05, 3.63) is 83.2 Å². The Morgan fingerprint density at radius 2 is 1.91 bits per heavy atom. The summed E-state index contributed by atoms with van der Waals surface area (Å²) in [5, 5.41) is 12.3. The van der Waals surface area contributed by atoms with Gasteiger partial charge in [0.05, 0.1) is 7.11 Å². The zero-order chi connectivity index (χ0) is 23.9. The zero-order valence-corrected chi connectivity index (χ0v) is 18.3. The number of methoxy groups -OCH3 is 1. The van der Waals surface area contributed by atoms with Crippen LogP contribution in [0.2, 0.25) is 0 Å². The van der Waals surface area contributed by atoms with E-state index in [1.54, 1.807) is 54.6 Å². The Kier molecular flexibility index (Phi) is 6.94. The number of ether oxygens (including phenoxy) is 4. The summed E-state index contributed by atoms with van der Waals surface area (Å²) in [6.07, 6.45) is 1.40. The molecule has 34 heavy (non-hydrogen) atoms. The Balaban J connectivity index is 1.58. The second kappa shape index (κ2) is 10.4. The van der Waals surface area contributed by atoms with Crippen molar-refractivity contribution in [1.82, 2.24) is 0 Å². The van der Waals surface area contributed by atoms with Gasteiger partial charge in [0.15, 0.2) is 23.0 Å². The standard InChI is InChI=1S/C26H21FN2O5/c1-31-23-8-4-6-17(25(23)34-16-18-5-2-3-7-21(18)27)13-19(15-28)26(30)29-20-9-10-22-24(14-20)33-12-11-32-22/h2-10,13-14H,11-12,16H2,1H3,(H,29,30)/b19-13+. The second-order valence-electron chi connectivity index (χ2n) is 7.24. The van der Waals surface area contributed by atoms with Gasteiger partial charge in [0.25, 0.3) is 5.91 Å². The minimum atomic E-state index is -0.609. The monoisotopic (exact) mass is 460 g/mol. The number of amides is 1. The Morgan fingerprint density at radius 1 is 1.12 bits per heavy atom. The summed E-state index contributed by atoms with van der Waals surface area (Å²) in [6.45, 7) is 0.820. The van der Waals surface area contributed by atoms with Gasteiger partial charge in [-0.15, -0.1) is 0 Å². The van der Waals surface area contributed by atoms with E-state index in [1.165, 1.54) is 19.3 Å². The summed E-state index contributed by atoms with van der Waals surface area (Å²) in [7, 11) is 1.47. The number of hydrogen-bond donors (Lipinski definition) is 1. The van der Waals surface area contributed by atoms with Crippen molar-refractivity contribution in [2.75, 3.05) is 25.6 Å². The highest BCUT2D eigenvalue weighted by molar-refractivity contribution is 6.10. The molecule has 0 bridgehead atoms. The number of benzene rings is 3. The third-order valence-electron chi connectivity index (χ3n) is 5.02. The van der Waals surface area contributed by atoms with Gasteiger partial charge in [0.1, 0.15) is 37.3 Å². The fourth-order valence-electron chi connectivity index (χ4n) is 3.35. The topological polar surface area (TPSA) is 89.8 Å². The summed E-state index contributed by atoms with van der Waals surface area (Å²) < 4.78 is 36.3. The van der Waals surface area contributed by atoms with Gasteiger partial charge in [0.2, 0.25) is 0 Å². The van der Waals surface area contributed by atoms with Crippen LogP contribution in [-0.4, -0.2) is 26.2 Å². The van der Waals surface area contributed by atoms with Gasteiger partial charge in [-0.25, -0.2) is 4.39 Å². The molecule has 1 amide bonds. The highest BCUT2D eigenvalue weighted by Crippen LogP contribution is 2.34. The normalized spacial score (nSPS) is 12.4. The molecule has 0 unspecified atom stereocenters. The molecule has 3 aromatic rings. The first kappa shape index (κ1) is 22.7. The van der Waals surface area contributed by atoms with Crippen LogP contribution in [0.1, 0.15) is 11.1 Å². The fraction of sp³-hybridized carbons (Fsp3) is 0.154. The maximum atomic E-state index is 14.0. The maximum absolute atomic E-state index is 14.0. The Labute approximate surface area is 195 Å². The number of nitrogens with zero attached hydrogens (tertiary/aromatic N) is 1. The van der Waals surface area contributed by atoms with Gasteiger partial charge in [-0.3, -0.25) is 4.79 Å². The van der Waals surface area contributed by atoms with Crippen molar-refractivity contribution in [3.63, 3.8) is 0 Å². The Hall–Kier alpha value is -4.51. The number of hydrogen-bond acceptors (Lipinski definition) is 6. The molecule has 0 fully saturated rings. The van der Waals surface area contributed by atoms with E-state index in [0.717, 1.165) is 0 Å². The summed E-state index contributed by atoms with van der Waals surface area (Å²) in [5.41, 5.74) is 1.10. The lowest BCUT2D eigenvalue weighted by Gasteiger charge is -2.19. The molecule has 0 aromatic heterocycles. The predicted octanol–water partition coefficient (Wildman–Crippen LogP) is 4.73.